The van der Waals surface area contributed by atoms with Crippen LogP contribution in [0.4, 0.5) is 0 Å². The molecule has 0 aliphatic carbocycles. The first-order valence-electron chi connectivity index (χ1n) is 6.02. The number of rotatable bonds is 5. The van der Waals surface area contributed by atoms with Gasteiger partial charge < -0.3 is 5.73 Å². The summed E-state index contributed by atoms with van der Waals surface area (Å²) >= 11 is 3.61. The van der Waals surface area contributed by atoms with Crippen LogP contribution in [0.25, 0.3) is 0 Å². The maximum absolute atomic E-state index is 5.79. The molecule has 0 fully saturated rings. The monoisotopic (exact) mass is 334 g/mol. The third kappa shape index (κ3) is 4.88. The molecule has 2 N–H and O–H groups in total. The molecule has 1 aromatic carbocycles. The van der Waals surface area contributed by atoms with E-state index in [1.54, 1.807) is 0 Å². The van der Waals surface area contributed by atoms with Crippen LogP contribution in [-0.4, -0.2) is 25.0 Å². The van der Waals surface area contributed by atoms with Crippen LogP contribution >= 0.6 is 28.3 Å². The summed E-state index contributed by atoms with van der Waals surface area (Å²) in [6.07, 6.45) is 0. The van der Waals surface area contributed by atoms with Crippen molar-refractivity contribution in [2.45, 2.75) is 26.8 Å². The number of nitrogens with zero attached hydrogens (tertiary/aromatic N) is 1. The summed E-state index contributed by atoms with van der Waals surface area (Å²) in [5, 5.41) is 0. The Morgan fingerprint density at radius 3 is 2.39 bits per heavy atom. The minimum atomic E-state index is 0. The Balaban J connectivity index is 0.00000289. The van der Waals surface area contributed by atoms with Crippen molar-refractivity contribution in [1.29, 1.82) is 0 Å². The first-order chi connectivity index (χ1) is 7.87. The minimum absolute atomic E-state index is 0. The average Bonchev–Trinajstić information content (AvgIpc) is 2.28. The summed E-state index contributed by atoms with van der Waals surface area (Å²) < 4.78 is 1.17. The van der Waals surface area contributed by atoms with Crippen LogP contribution in [0.5, 0.6) is 0 Å². The van der Waals surface area contributed by atoms with Crippen LogP contribution in [0.1, 0.15) is 32.4 Å². The quantitative estimate of drug-likeness (QED) is 0.885. The molecule has 104 valence electrons. The van der Waals surface area contributed by atoms with E-state index in [1.165, 1.54) is 10.0 Å². The van der Waals surface area contributed by atoms with Gasteiger partial charge in [-0.3, -0.25) is 4.90 Å². The molecule has 0 aliphatic heterocycles. The maximum Gasteiger partial charge on any atom is 0.0328 e. The van der Waals surface area contributed by atoms with Crippen LogP contribution in [0.3, 0.4) is 0 Å². The molecular formula is C14H24BrClN2. The highest BCUT2D eigenvalue weighted by atomic mass is 79.9. The average molecular weight is 336 g/mol. The van der Waals surface area contributed by atoms with E-state index in [2.05, 4.69) is 66.8 Å². The molecule has 1 atom stereocenters. The van der Waals surface area contributed by atoms with Crippen molar-refractivity contribution in [2.75, 3.05) is 20.1 Å². The standard InChI is InChI=1S/C14H23BrN2.ClH/c1-11(12-7-5-6-8-13(12)15)17(4)10-14(2,3)9-16;/h5-8,11H,9-10,16H2,1-4H3;1H. The predicted octanol–water partition coefficient (Wildman–Crippen LogP) is 3.85. The Bertz CT molecular complexity index is 369. The molecule has 0 bridgehead atoms. The molecule has 0 saturated heterocycles. The SMILES string of the molecule is CC(c1ccccc1Br)N(C)CC(C)(C)CN.Cl. The summed E-state index contributed by atoms with van der Waals surface area (Å²) in [5.41, 5.74) is 7.27. The van der Waals surface area contributed by atoms with E-state index < -0.39 is 0 Å². The van der Waals surface area contributed by atoms with E-state index in [0.717, 1.165) is 6.54 Å². The molecule has 1 unspecified atom stereocenters. The van der Waals surface area contributed by atoms with Crippen molar-refractivity contribution in [3.05, 3.63) is 34.3 Å². The molecule has 0 spiro atoms. The molecule has 1 aromatic rings. The zero-order chi connectivity index (χ0) is 13.1. The lowest BCUT2D eigenvalue weighted by Gasteiger charge is -2.33. The second kappa shape index (κ2) is 7.49. The van der Waals surface area contributed by atoms with E-state index in [0.29, 0.717) is 12.6 Å². The summed E-state index contributed by atoms with van der Waals surface area (Å²) in [6, 6.07) is 8.77. The van der Waals surface area contributed by atoms with Crippen molar-refractivity contribution in [3.63, 3.8) is 0 Å². The van der Waals surface area contributed by atoms with Crippen LogP contribution in [-0.2, 0) is 0 Å². The van der Waals surface area contributed by atoms with Gasteiger partial charge >= 0.3 is 0 Å². The molecule has 1 rings (SSSR count). The number of hydrogen-bond donors (Lipinski definition) is 1. The third-order valence-corrected chi connectivity index (χ3v) is 3.97. The lowest BCUT2D eigenvalue weighted by atomic mass is 9.92. The summed E-state index contributed by atoms with van der Waals surface area (Å²) in [7, 11) is 2.15. The van der Waals surface area contributed by atoms with Gasteiger partial charge in [0.1, 0.15) is 0 Å². The molecule has 0 aromatic heterocycles. The maximum atomic E-state index is 5.79. The Labute approximate surface area is 125 Å². The minimum Gasteiger partial charge on any atom is -0.330 e. The third-order valence-electron chi connectivity index (χ3n) is 3.25. The van der Waals surface area contributed by atoms with Gasteiger partial charge in [-0.05, 0) is 37.6 Å². The van der Waals surface area contributed by atoms with Gasteiger partial charge in [0.2, 0.25) is 0 Å². The molecule has 0 saturated carbocycles. The van der Waals surface area contributed by atoms with Gasteiger partial charge in [0.15, 0.2) is 0 Å². The van der Waals surface area contributed by atoms with Crippen molar-refractivity contribution in [2.24, 2.45) is 11.1 Å². The Hall–Kier alpha value is -0.0900. The van der Waals surface area contributed by atoms with Gasteiger partial charge in [-0.15, -0.1) is 12.4 Å². The fourth-order valence-electron chi connectivity index (χ4n) is 1.93. The normalized spacial score (nSPS) is 13.3. The van der Waals surface area contributed by atoms with E-state index >= 15 is 0 Å². The number of nitrogens with two attached hydrogens (primary N) is 1. The highest BCUT2D eigenvalue weighted by Gasteiger charge is 2.22. The van der Waals surface area contributed by atoms with Gasteiger partial charge in [0.25, 0.3) is 0 Å². The van der Waals surface area contributed by atoms with Crippen molar-refractivity contribution < 1.29 is 0 Å². The van der Waals surface area contributed by atoms with E-state index in [9.17, 15) is 0 Å². The molecule has 0 aliphatic rings. The van der Waals surface area contributed by atoms with Crippen molar-refractivity contribution in [3.8, 4) is 0 Å². The van der Waals surface area contributed by atoms with Gasteiger partial charge in [-0.25, -0.2) is 0 Å². The highest BCUT2D eigenvalue weighted by Crippen LogP contribution is 2.28. The van der Waals surface area contributed by atoms with Gasteiger partial charge in [-0.1, -0.05) is 48.0 Å². The van der Waals surface area contributed by atoms with Crippen molar-refractivity contribution >= 4 is 28.3 Å². The lowest BCUT2D eigenvalue weighted by Crippen LogP contribution is -2.37. The van der Waals surface area contributed by atoms with Crippen LogP contribution in [0.2, 0.25) is 0 Å². The topological polar surface area (TPSA) is 29.3 Å². The van der Waals surface area contributed by atoms with Crippen LogP contribution < -0.4 is 5.73 Å². The Morgan fingerprint density at radius 2 is 1.89 bits per heavy atom. The van der Waals surface area contributed by atoms with Gasteiger partial charge in [-0.2, -0.15) is 0 Å². The van der Waals surface area contributed by atoms with E-state index in [1.807, 2.05) is 6.07 Å². The number of hydrogen-bond acceptors (Lipinski definition) is 2. The fraction of sp³-hybridized carbons (Fsp3) is 0.571. The number of halogens is 2. The molecule has 18 heavy (non-hydrogen) atoms. The zero-order valence-electron chi connectivity index (χ0n) is 11.6. The van der Waals surface area contributed by atoms with Crippen LogP contribution in [0, 0.1) is 5.41 Å². The van der Waals surface area contributed by atoms with E-state index in [-0.39, 0.29) is 17.8 Å². The predicted molar refractivity (Wildman–Crippen MR) is 85.3 cm³/mol. The Kier molecular flexibility index (Phi) is 7.45. The smallest absolute Gasteiger partial charge is 0.0328 e. The molecule has 0 amide bonds. The van der Waals surface area contributed by atoms with E-state index in [4.69, 9.17) is 5.73 Å². The first-order valence-corrected chi connectivity index (χ1v) is 6.81. The zero-order valence-corrected chi connectivity index (χ0v) is 14.0. The fourth-order valence-corrected chi connectivity index (χ4v) is 2.54. The molecule has 0 heterocycles. The lowest BCUT2D eigenvalue weighted by molar-refractivity contribution is 0.174. The van der Waals surface area contributed by atoms with Gasteiger partial charge in [0, 0.05) is 17.1 Å². The second-order valence-electron chi connectivity index (χ2n) is 5.48. The second-order valence-corrected chi connectivity index (χ2v) is 6.34. The number of benzene rings is 1. The molecule has 4 heteroatoms. The molecule has 0 radical (unpaired) electrons. The Morgan fingerprint density at radius 1 is 1.33 bits per heavy atom. The summed E-state index contributed by atoms with van der Waals surface area (Å²) in [6.45, 7) is 8.34. The first kappa shape index (κ1) is 17.9. The molecular weight excluding hydrogens is 312 g/mol. The van der Waals surface area contributed by atoms with Crippen LogP contribution in [0.15, 0.2) is 28.7 Å². The van der Waals surface area contributed by atoms with Crippen molar-refractivity contribution in [1.82, 2.24) is 4.90 Å². The highest BCUT2D eigenvalue weighted by molar-refractivity contribution is 9.10. The van der Waals surface area contributed by atoms with Gasteiger partial charge in [0.05, 0.1) is 0 Å². The summed E-state index contributed by atoms with van der Waals surface area (Å²) in [5.74, 6) is 0. The molecule has 2 nitrogen and oxygen atoms in total. The summed E-state index contributed by atoms with van der Waals surface area (Å²) in [4.78, 5) is 2.35. The largest absolute Gasteiger partial charge is 0.330 e.